The molecule has 3 aliphatic rings. The lowest BCUT2D eigenvalue weighted by molar-refractivity contribution is -0.154. The zero-order valence-electron chi connectivity index (χ0n) is 22.7. The molecule has 196 valence electrons. The lowest BCUT2D eigenvalue weighted by atomic mass is 9.62. The van der Waals surface area contributed by atoms with Crippen molar-refractivity contribution in [1.29, 1.82) is 0 Å². The molecule has 0 radical (unpaired) electrons. The monoisotopic (exact) mass is 486 g/mol. The number of hydrogen-bond acceptors (Lipinski definition) is 5. The van der Waals surface area contributed by atoms with E-state index >= 15 is 0 Å². The van der Waals surface area contributed by atoms with E-state index < -0.39 is 5.60 Å². The first-order valence-corrected chi connectivity index (χ1v) is 13.5. The van der Waals surface area contributed by atoms with Crippen molar-refractivity contribution in [3.05, 3.63) is 34.9 Å². The van der Waals surface area contributed by atoms with Crippen LogP contribution >= 0.6 is 0 Å². The van der Waals surface area contributed by atoms with Gasteiger partial charge in [-0.15, -0.1) is 0 Å². The van der Waals surface area contributed by atoms with Gasteiger partial charge in [-0.3, -0.25) is 9.59 Å². The largest absolute Gasteiger partial charge is 0.462 e. The van der Waals surface area contributed by atoms with Gasteiger partial charge in [0.15, 0.2) is 0 Å². The Kier molecular flexibility index (Phi) is 9.06. The molecule has 0 unspecified atom stereocenters. The number of esters is 2. The Morgan fingerprint density at radius 1 is 1.17 bits per heavy atom. The first-order valence-electron chi connectivity index (χ1n) is 13.5. The van der Waals surface area contributed by atoms with Gasteiger partial charge in [0.1, 0.15) is 12.2 Å². The third-order valence-electron chi connectivity index (χ3n) is 8.27. The molecule has 35 heavy (non-hydrogen) atoms. The third kappa shape index (κ3) is 7.55. The number of allylic oxidation sites excluding steroid dienone is 5. The molecule has 1 N–H and O–H groups in total. The van der Waals surface area contributed by atoms with Gasteiger partial charge in [0.05, 0.1) is 5.60 Å². The van der Waals surface area contributed by atoms with Crippen molar-refractivity contribution in [2.45, 2.75) is 124 Å². The SMILES string of the molecule is CC(=O)O[C@@H]1CC(=C/C=C2\CCC[C@]3(C)C([C@H](C)CCCC(C)(C)O)=CC[C@@H]23)C[C@@H](OC(C)=O)C1. The summed E-state index contributed by atoms with van der Waals surface area (Å²) in [5, 5.41) is 10.1. The van der Waals surface area contributed by atoms with E-state index in [1.54, 1.807) is 5.57 Å². The van der Waals surface area contributed by atoms with Crippen molar-refractivity contribution in [3.63, 3.8) is 0 Å². The van der Waals surface area contributed by atoms with Gasteiger partial charge in [0.25, 0.3) is 0 Å². The molecule has 5 atom stereocenters. The smallest absolute Gasteiger partial charge is 0.302 e. The number of ether oxygens (including phenoxy) is 2. The number of aliphatic hydroxyl groups is 1. The molecular formula is C30H46O5. The molecule has 0 aromatic rings. The normalized spacial score (nSPS) is 30.9. The van der Waals surface area contributed by atoms with Crippen molar-refractivity contribution < 1.29 is 24.2 Å². The summed E-state index contributed by atoms with van der Waals surface area (Å²) in [5.74, 6) is 0.496. The lowest BCUT2D eigenvalue weighted by Crippen LogP contribution is -2.33. The maximum Gasteiger partial charge on any atom is 0.302 e. The van der Waals surface area contributed by atoms with Crippen LogP contribution in [-0.4, -0.2) is 34.9 Å². The van der Waals surface area contributed by atoms with E-state index in [0.717, 1.165) is 32.1 Å². The Hall–Kier alpha value is -1.88. The Bertz CT molecular complexity index is 848. The standard InChI is InChI=1S/C30H46O5/c1-20(9-7-15-29(4,5)33)27-13-14-28-24(10-8-16-30(27,28)6)12-11-23-17-25(34-21(2)31)19-26(18-23)35-22(3)32/h11-13,20,25-26,28,33H,7-10,14-19H2,1-6H3/b24-12+/t20-,25-,26-,28+,30-/m1/s1. The van der Waals surface area contributed by atoms with Crippen LogP contribution < -0.4 is 0 Å². The molecule has 0 amide bonds. The van der Waals surface area contributed by atoms with Gasteiger partial charge in [-0.2, -0.15) is 0 Å². The molecule has 2 fully saturated rings. The van der Waals surface area contributed by atoms with E-state index in [1.165, 1.54) is 37.8 Å². The molecule has 0 saturated heterocycles. The summed E-state index contributed by atoms with van der Waals surface area (Å²) in [6, 6.07) is 0. The summed E-state index contributed by atoms with van der Waals surface area (Å²) in [4.78, 5) is 23.1. The number of carbonyl (C=O) groups excluding carboxylic acids is 2. The van der Waals surface area contributed by atoms with Crippen molar-refractivity contribution in [2.75, 3.05) is 0 Å². The average Bonchev–Trinajstić information content (AvgIpc) is 3.07. The highest BCUT2D eigenvalue weighted by Crippen LogP contribution is 2.57. The average molecular weight is 487 g/mol. The van der Waals surface area contributed by atoms with E-state index in [-0.39, 0.29) is 29.6 Å². The number of carbonyl (C=O) groups is 2. The van der Waals surface area contributed by atoms with Gasteiger partial charge in [0.2, 0.25) is 0 Å². The molecule has 0 bridgehead atoms. The first kappa shape index (κ1) is 27.7. The fourth-order valence-electron chi connectivity index (χ4n) is 6.75. The second-order valence-corrected chi connectivity index (χ2v) is 12.0. The van der Waals surface area contributed by atoms with Gasteiger partial charge in [0, 0.05) is 33.1 Å². The molecule has 0 heterocycles. The number of fused-ring (bicyclic) bond motifs is 1. The van der Waals surface area contributed by atoms with E-state index in [1.807, 2.05) is 13.8 Å². The molecule has 2 saturated carbocycles. The van der Waals surface area contributed by atoms with Gasteiger partial charge in [-0.25, -0.2) is 0 Å². The Labute approximate surface area is 212 Å². The van der Waals surface area contributed by atoms with Crippen molar-refractivity contribution in [2.24, 2.45) is 17.3 Å². The highest BCUT2D eigenvalue weighted by molar-refractivity contribution is 5.67. The van der Waals surface area contributed by atoms with Crippen LogP contribution in [0.5, 0.6) is 0 Å². The summed E-state index contributed by atoms with van der Waals surface area (Å²) < 4.78 is 11.0. The number of hydrogen-bond donors (Lipinski definition) is 1. The Morgan fingerprint density at radius 2 is 1.80 bits per heavy atom. The summed E-state index contributed by atoms with van der Waals surface area (Å²) in [6.07, 6.45) is 16.2. The molecule has 0 aromatic carbocycles. The predicted molar refractivity (Wildman–Crippen MR) is 139 cm³/mol. The van der Waals surface area contributed by atoms with E-state index in [2.05, 4.69) is 32.1 Å². The van der Waals surface area contributed by atoms with Crippen molar-refractivity contribution in [3.8, 4) is 0 Å². The quantitative estimate of drug-likeness (QED) is 0.309. The molecule has 3 rings (SSSR count). The van der Waals surface area contributed by atoms with Crippen LogP contribution in [0, 0.1) is 17.3 Å². The van der Waals surface area contributed by atoms with Crippen molar-refractivity contribution >= 4 is 11.9 Å². The fourth-order valence-corrected chi connectivity index (χ4v) is 6.75. The highest BCUT2D eigenvalue weighted by Gasteiger charge is 2.45. The van der Waals surface area contributed by atoms with E-state index in [9.17, 15) is 14.7 Å². The van der Waals surface area contributed by atoms with Crippen LogP contribution in [0.4, 0.5) is 0 Å². The summed E-state index contributed by atoms with van der Waals surface area (Å²) in [7, 11) is 0. The van der Waals surface area contributed by atoms with Crippen LogP contribution in [0.15, 0.2) is 34.9 Å². The highest BCUT2D eigenvalue weighted by atomic mass is 16.6. The topological polar surface area (TPSA) is 72.8 Å². The van der Waals surface area contributed by atoms with Gasteiger partial charge in [-0.1, -0.05) is 55.2 Å². The number of rotatable bonds is 8. The van der Waals surface area contributed by atoms with Gasteiger partial charge >= 0.3 is 11.9 Å². The van der Waals surface area contributed by atoms with Crippen LogP contribution in [0.3, 0.4) is 0 Å². The van der Waals surface area contributed by atoms with Crippen LogP contribution in [0.25, 0.3) is 0 Å². The maximum atomic E-state index is 11.5. The van der Waals surface area contributed by atoms with Crippen LogP contribution in [0.1, 0.15) is 106 Å². The lowest BCUT2D eigenvalue weighted by Gasteiger charge is -2.42. The first-order chi connectivity index (χ1) is 16.4. The zero-order chi connectivity index (χ0) is 25.8. The van der Waals surface area contributed by atoms with E-state index in [4.69, 9.17) is 9.47 Å². The maximum absolute atomic E-state index is 11.5. The molecule has 5 nitrogen and oxygen atoms in total. The second-order valence-electron chi connectivity index (χ2n) is 12.0. The van der Waals surface area contributed by atoms with E-state index in [0.29, 0.717) is 31.1 Å². The fraction of sp³-hybridized carbons (Fsp3) is 0.733. The summed E-state index contributed by atoms with van der Waals surface area (Å²) in [6.45, 7) is 11.5. The summed E-state index contributed by atoms with van der Waals surface area (Å²) >= 11 is 0. The van der Waals surface area contributed by atoms with Crippen LogP contribution in [0.2, 0.25) is 0 Å². The van der Waals surface area contributed by atoms with Gasteiger partial charge < -0.3 is 14.6 Å². The molecular weight excluding hydrogens is 440 g/mol. The minimum atomic E-state index is -0.591. The zero-order valence-corrected chi connectivity index (χ0v) is 22.7. The minimum absolute atomic E-state index is 0.212. The predicted octanol–water partition coefficient (Wildman–Crippen LogP) is 6.60. The Balaban J connectivity index is 1.71. The molecule has 3 aliphatic carbocycles. The van der Waals surface area contributed by atoms with Crippen LogP contribution in [-0.2, 0) is 19.1 Å². The minimum Gasteiger partial charge on any atom is -0.462 e. The van der Waals surface area contributed by atoms with Crippen molar-refractivity contribution in [1.82, 2.24) is 0 Å². The molecule has 0 aromatic heterocycles. The molecule has 0 spiro atoms. The third-order valence-corrected chi connectivity index (χ3v) is 8.27. The Morgan fingerprint density at radius 3 is 2.37 bits per heavy atom. The molecule has 5 heteroatoms. The molecule has 0 aliphatic heterocycles. The summed E-state index contributed by atoms with van der Waals surface area (Å²) in [5.41, 5.74) is 3.93. The second kappa shape index (κ2) is 11.5. The van der Waals surface area contributed by atoms with Gasteiger partial charge in [-0.05, 0) is 69.6 Å².